The molecule has 106 valence electrons. The van der Waals surface area contributed by atoms with Gasteiger partial charge in [-0.1, -0.05) is 0 Å². The molecule has 7 atom stereocenters. The number of nitrogens with zero attached hydrogens (tertiary/aromatic N) is 1. The van der Waals surface area contributed by atoms with Crippen molar-refractivity contribution in [3.63, 3.8) is 0 Å². The molecule has 0 aromatic rings. The Morgan fingerprint density at radius 3 is 2.33 bits per heavy atom. The van der Waals surface area contributed by atoms with E-state index >= 15 is 0 Å². The minimum atomic E-state index is -1.32. The van der Waals surface area contributed by atoms with Crippen LogP contribution < -0.4 is 0 Å². The summed E-state index contributed by atoms with van der Waals surface area (Å²) in [6, 6.07) is -0.468. The lowest BCUT2D eigenvalue weighted by atomic mass is 9.83. The van der Waals surface area contributed by atoms with Crippen LogP contribution in [0.4, 0.5) is 0 Å². The van der Waals surface area contributed by atoms with Gasteiger partial charge in [0.25, 0.3) is 0 Å². The molecule has 0 radical (unpaired) electrons. The second-order valence-electron chi connectivity index (χ2n) is 5.13. The molecule has 0 bridgehead atoms. The van der Waals surface area contributed by atoms with Gasteiger partial charge < -0.3 is 35.2 Å². The summed E-state index contributed by atoms with van der Waals surface area (Å²) in [5.74, 6) is -0.801. The van der Waals surface area contributed by atoms with E-state index in [4.69, 9.17) is 9.84 Å². The maximum Gasteiger partial charge on any atom is 0.162 e. The van der Waals surface area contributed by atoms with Crippen molar-refractivity contribution >= 4 is 0 Å². The van der Waals surface area contributed by atoms with Gasteiger partial charge in [0.05, 0.1) is 24.7 Å². The number of aliphatic hydroxyl groups is 5. The molecule has 2 saturated heterocycles. The summed E-state index contributed by atoms with van der Waals surface area (Å²) >= 11 is 0. The second-order valence-corrected chi connectivity index (χ2v) is 5.13. The highest BCUT2D eigenvalue weighted by Gasteiger charge is 2.51. The van der Waals surface area contributed by atoms with Gasteiger partial charge in [-0.3, -0.25) is 0 Å². The van der Waals surface area contributed by atoms with Crippen molar-refractivity contribution in [1.29, 1.82) is 0 Å². The molecule has 0 saturated carbocycles. The van der Waals surface area contributed by atoms with Crippen molar-refractivity contribution < 1.29 is 30.3 Å². The molecule has 2 fully saturated rings. The first-order valence-corrected chi connectivity index (χ1v) is 6.16. The van der Waals surface area contributed by atoms with Gasteiger partial charge in [0.1, 0.15) is 12.2 Å². The van der Waals surface area contributed by atoms with Gasteiger partial charge in [-0.2, -0.15) is 0 Å². The van der Waals surface area contributed by atoms with E-state index in [2.05, 4.69) is 0 Å². The summed E-state index contributed by atoms with van der Waals surface area (Å²) in [5.41, 5.74) is 0. The summed E-state index contributed by atoms with van der Waals surface area (Å²) in [5, 5.41) is 48.7. The van der Waals surface area contributed by atoms with Crippen LogP contribution >= 0.6 is 0 Å². The minimum absolute atomic E-state index is 0.468. The molecule has 0 aliphatic carbocycles. The largest absolute Gasteiger partial charge is 0.394 e. The first-order valence-electron chi connectivity index (χ1n) is 6.16. The maximum absolute atomic E-state index is 10.1. The Kier molecular flexibility index (Phi) is 4.22. The molecule has 0 unspecified atom stereocenters. The Labute approximate surface area is 105 Å². The molecular weight excluding hydrogens is 242 g/mol. The van der Waals surface area contributed by atoms with Crippen LogP contribution in [0.2, 0.25) is 0 Å². The van der Waals surface area contributed by atoms with E-state index in [0.29, 0.717) is 13.0 Å². The summed E-state index contributed by atoms with van der Waals surface area (Å²) in [4.78, 5) is 1.83. The van der Waals surface area contributed by atoms with E-state index in [-0.39, 0.29) is 0 Å². The maximum atomic E-state index is 10.1. The predicted molar refractivity (Wildman–Crippen MR) is 60.5 cm³/mol. The fraction of sp³-hybridized carbons (Fsp3) is 1.00. The van der Waals surface area contributed by atoms with Gasteiger partial charge in [-0.05, 0) is 13.5 Å². The summed E-state index contributed by atoms with van der Waals surface area (Å²) in [6.45, 7) is 0.173. The van der Waals surface area contributed by atoms with E-state index < -0.39 is 49.3 Å². The molecule has 18 heavy (non-hydrogen) atoms. The van der Waals surface area contributed by atoms with Crippen LogP contribution in [-0.4, -0.2) is 87.4 Å². The van der Waals surface area contributed by atoms with E-state index in [1.807, 2.05) is 4.90 Å². The predicted octanol–water partition coefficient (Wildman–Crippen LogP) is -2.90. The van der Waals surface area contributed by atoms with Gasteiger partial charge in [-0.15, -0.1) is 0 Å². The zero-order chi connectivity index (χ0) is 13.4. The van der Waals surface area contributed by atoms with E-state index in [0.717, 1.165) is 0 Å². The molecule has 2 rings (SSSR count). The SMILES string of the molecule is CN1CC[C@H](O)[C@H]1[C@@H]1[C@@H](O)[C@H](O)[C@@H](CO)O[C@@H]1O. The minimum Gasteiger partial charge on any atom is -0.394 e. The van der Waals surface area contributed by atoms with Crippen LogP contribution in [0.5, 0.6) is 0 Å². The molecule has 0 aromatic heterocycles. The van der Waals surface area contributed by atoms with Crippen LogP contribution in [0.3, 0.4) is 0 Å². The molecule has 7 heteroatoms. The molecule has 2 aliphatic heterocycles. The normalized spacial score (nSPS) is 50.7. The van der Waals surface area contributed by atoms with Gasteiger partial charge in [0.2, 0.25) is 0 Å². The van der Waals surface area contributed by atoms with Crippen LogP contribution in [0.1, 0.15) is 6.42 Å². The average molecular weight is 263 g/mol. The number of hydrogen-bond donors (Lipinski definition) is 5. The van der Waals surface area contributed by atoms with E-state index in [9.17, 15) is 20.4 Å². The van der Waals surface area contributed by atoms with Gasteiger partial charge >= 0.3 is 0 Å². The van der Waals surface area contributed by atoms with Crippen molar-refractivity contribution in [1.82, 2.24) is 4.90 Å². The van der Waals surface area contributed by atoms with E-state index in [1.165, 1.54) is 0 Å². The lowest BCUT2D eigenvalue weighted by Gasteiger charge is -2.44. The summed E-state index contributed by atoms with van der Waals surface area (Å²) in [6.07, 6.45) is -4.96. The molecule has 2 aliphatic rings. The summed E-state index contributed by atoms with van der Waals surface area (Å²) < 4.78 is 5.10. The third kappa shape index (κ3) is 2.27. The van der Waals surface area contributed by atoms with Crippen LogP contribution in [-0.2, 0) is 4.74 Å². The molecule has 2 heterocycles. The van der Waals surface area contributed by atoms with Crippen molar-refractivity contribution in [3.05, 3.63) is 0 Å². The number of likely N-dealkylation sites (tertiary alicyclic amines) is 1. The smallest absolute Gasteiger partial charge is 0.162 e. The topological polar surface area (TPSA) is 114 Å². The molecule has 5 N–H and O–H groups in total. The van der Waals surface area contributed by atoms with E-state index in [1.54, 1.807) is 7.05 Å². The first kappa shape index (κ1) is 14.1. The Bertz CT molecular complexity index is 281. The standard InChI is InChI=1S/C11H21NO6/c1-12-3-2-5(14)8(12)7-10(16)9(15)6(4-13)18-11(7)17/h5-11,13-17H,2-4H2,1H3/t5-,6+,7+,8-,9+,10+,11-/m0/s1. The van der Waals surface area contributed by atoms with Crippen molar-refractivity contribution in [3.8, 4) is 0 Å². The number of likely N-dealkylation sites (N-methyl/N-ethyl adjacent to an activating group) is 1. The van der Waals surface area contributed by atoms with Crippen LogP contribution in [0, 0.1) is 5.92 Å². The average Bonchev–Trinajstić information content (AvgIpc) is 2.65. The zero-order valence-corrected chi connectivity index (χ0v) is 10.3. The number of rotatable bonds is 2. The van der Waals surface area contributed by atoms with Crippen LogP contribution in [0.25, 0.3) is 0 Å². The Morgan fingerprint density at radius 2 is 1.83 bits per heavy atom. The lowest BCUT2D eigenvalue weighted by Crippen LogP contribution is -2.61. The Balaban J connectivity index is 2.17. The Hall–Kier alpha value is -0.280. The fourth-order valence-electron chi connectivity index (χ4n) is 2.99. The number of aliphatic hydroxyl groups excluding tert-OH is 5. The molecule has 0 spiro atoms. The summed E-state index contributed by atoms with van der Waals surface area (Å²) in [7, 11) is 1.78. The molecular formula is C11H21NO6. The highest BCUT2D eigenvalue weighted by Crippen LogP contribution is 2.34. The van der Waals surface area contributed by atoms with Gasteiger partial charge in [0.15, 0.2) is 6.29 Å². The number of ether oxygens (including phenoxy) is 1. The molecule has 7 nitrogen and oxygen atoms in total. The highest BCUT2D eigenvalue weighted by atomic mass is 16.6. The van der Waals surface area contributed by atoms with Gasteiger partial charge in [-0.25, -0.2) is 0 Å². The van der Waals surface area contributed by atoms with Gasteiger partial charge in [0, 0.05) is 12.6 Å². The number of hydrogen-bond acceptors (Lipinski definition) is 7. The monoisotopic (exact) mass is 263 g/mol. The molecule has 0 aromatic carbocycles. The van der Waals surface area contributed by atoms with Crippen molar-refractivity contribution in [2.24, 2.45) is 5.92 Å². The third-order valence-corrected chi connectivity index (χ3v) is 4.02. The quantitative estimate of drug-likeness (QED) is 0.363. The van der Waals surface area contributed by atoms with Crippen molar-refractivity contribution in [2.75, 3.05) is 20.2 Å². The Morgan fingerprint density at radius 1 is 1.17 bits per heavy atom. The van der Waals surface area contributed by atoms with Crippen LogP contribution in [0.15, 0.2) is 0 Å². The highest BCUT2D eigenvalue weighted by molar-refractivity contribution is 4.99. The van der Waals surface area contributed by atoms with Crippen molar-refractivity contribution in [2.45, 2.75) is 43.2 Å². The third-order valence-electron chi connectivity index (χ3n) is 4.02. The second kappa shape index (κ2) is 5.38. The zero-order valence-electron chi connectivity index (χ0n) is 10.3. The first-order chi connectivity index (χ1) is 8.47. The molecule has 0 amide bonds. The lowest BCUT2D eigenvalue weighted by molar-refractivity contribution is -0.281. The fourth-order valence-corrected chi connectivity index (χ4v) is 2.99.